The fraction of sp³-hybridized carbons (Fsp3) is 0.143. The fourth-order valence-corrected chi connectivity index (χ4v) is 4.34. The van der Waals surface area contributed by atoms with Crippen LogP contribution in [0.25, 0.3) is 0 Å². The van der Waals surface area contributed by atoms with Gasteiger partial charge in [-0.1, -0.05) is 36.4 Å². The number of hydrogen-bond donors (Lipinski definition) is 2. The Hall–Kier alpha value is -4.72. The number of methoxy groups -OCH3 is 1. The van der Waals surface area contributed by atoms with Gasteiger partial charge in [-0.15, -0.1) is 0 Å². The average molecular weight is 481 g/mol. The third-order valence-electron chi connectivity index (χ3n) is 6.22. The zero-order valence-corrected chi connectivity index (χ0v) is 19.6. The Kier molecular flexibility index (Phi) is 6.32. The van der Waals surface area contributed by atoms with E-state index in [2.05, 4.69) is 15.6 Å². The minimum Gasteiger partial charge on any atom is -0.465 e. The van der Waals surface area contributed by atoms with Crippen LogP contribution in [0.2, 0.25) is 0 Å². The molecule has 8 heteroatoms. The van der Waals surface area contributed by atoms with Gasteiger partial charge in [0.1, 0.15) is 11.7 Å². The molecule has 0 bridgehead atoms. The van der Waals surface area contributed by atoms with Crippen LogP contribution < -0.4 is 10.6 Å². The number of carbonyl (C=O) groups is 3. The lowest BCUT2D eigenvalue weighted by Crippen LogP contribution is -2.27. The quantitative estimate of drug-likeness (QED) is 0.320. The molecule has 1 aliphatic heterocycles. The van der Waals surface area contributed by atoms with E-state index in [1.54, 1.807) is 42.7 Å². The molecular weight excluding hydrogens is 456 g/mol. The zero-order chi connectivity index (χ0) is 25.1. The Balaban J connectivity index is 1.48. The molecule has 2 N–H and O–H groups in total. The van der Waals surface area contributed by atoms with Gasteiger partial charge in [0.25, 0.3) is 5.91 Å². The van der Waals surface area contributed by atoms with Gasteiger partial charge in [-0.3, -0.25) is 14.6 Å². The number of hydrogen-bond acceptors (Lipinski definition) is 6. The Labute approximate surface area is 207 Å². The number of anilines is 1. The van der Waals surface area contributed by atoms with Crippen molar-refractivity contribution in [2.75, 3.05) is 12.4 Å². The van der Waals surface area contributed by atoms with Crippen molar-refractivity contribution < 1.29 is 19.1 Å². The van der Waals surface area contributed by atoms with Crippen molar-refractivity contribution in [3.05, 3.63) is 119 Å². The summed E-state index contributed by atoms with van der Waals surface area (Å²) in [6.45, 7) is 0.781. The van der Waals surface area contributed by atoms with Crippen LogP contribution in [0.3, 0.4) is 0 Å². The summed E-state index contributed by atoms with van der Waals surface area (Å²) < 4.78 is 6.63. The number of Topliss-reactive ketones (excluding diaryl/α,β-unsaturated/α-hetero) is 1. The first kappa shape index (κ1) is 23.0. The molecule has 36 heavy (non-hydrogen) atoms. The number of amides is 1. The smallest absolute Gasteiger partial charge is 0.337 e. The minimum absolute atomic E-state index is 0.176. The maximum atomic E-state index is 13.7. The first-order chi connectivity index (χ1) is 17.5. The van der Waals surface area contributed by atoms with E-state index < -0.39 is 12.0 Å². The Morgan fingerprint density at radius 1 is 1.00 bits per heavy atom. The lowest BCUT2D eigenvalue weighted by atomic mass is 10.00. The summed E-state index contributed by atoms with van der Waals surface area (Å²) in [5, 5.41) is 6.32. The van der Waals surface area contributed by atoms with Crippen LogP contribution in [0.1, 0.15) is 54.1 Å². The molecule has 4 aromatic rings. The molecule has 0 fully saturated rings. The maximum Gasteiger partial charge on any atom is 0.337 e. The van der Waals surface area contributed by atoms with Crippen molar-refractivity contribution in [2.24, 2.45) is 0 Å². The van der Waals surface area contributed by atoms with E-state index in [0.717, 1.165) is 16.8 Å². The third kappa shape index (κ3) is 4.48. The number of nitrogens with zero attached hydrogens (tertiary/aromatic N) is 2. The van der Waals surface area contributed by atoms with Crippen LogP contribution in [0.15, 0.2) is 85.2 Å². The molecule has 0 radical (unpaired) electrons. The summed E-state index contributed by atoms with van der Waals surface area (Å²) in [6, 6.07) is 20.6. The maximum absolute atomic E-state index is 13.7. The zero-order valence-electron chi connectivity index (χ0n) is 19.6. The normalized spacial score (nSPS) is 14.0. The summed E-state index contributed by atoms with van der Waals surface area (Å²) in [5.41, 5.74) is 4.63. The largest absolute Gasteiger partial charge is 0.465 e. The van der Waals surface area contributed by atoms with E-state index in [-0.39, 0.29) is 11.7 Å². The van der Waals surface area contributed by atoms with Crippen LogP contribution in [-0.4, -0.2) is 34.3 Å². The molecule has 5 rings (SSSR count). The molecule has 1 atom stereocenters. The molecule has 0 saturated heterocycles. The Bertz CT molecular complexity index is 1430. The summed E-state index contributed by atoms with van der Waals surface area (Å²) in [4.78, 5) is 42.7. The average Bonchev–Trinajstić information content (AvgIpc) is 3.26. The molecule has 1 unspecified atom stereocenters. The summed E-state index contributed by atoms with van der Waals surface area (Å²) in [6.07, 6.45) is 3.39. The fourth-order valence-electron chi connectivity index (χ4n) is 4.34. The topological polar surface area (TPSA) is 102 Å². The number of esters is 1. The molecule has 1 aliphatic rings. The SMILES string of the molecule is COC(=O)c1ccc(C(=O)C2Nc3ccccc3Cn3c(C(=O)NCc4cccnc4)ccc32)cc1. The highest BCUT2D eigenvalue weighted by Gasteiger charge is 2.30. The van der Waals surface area contributed by atoms with E-state index in [4.69, 9.17) is 4.74 Å². The number of ether oxygens (including phenoxy) is 1. The van der Waals surface area contributed by atoms with Crippen LogP contribution in [0.5, 0.6) is 0 Å². The molecule has 180 valence electrons. The van der Waals surface area contributed by atoms with Gasteiger partial charge in [-0.2, -0.15) is 0 Å². The van der Waals surface area contributed by atoms with Gasteiger partial charge in [0, 0.05) is 35.9 Å². The molecule has 2 aromatic heterocycles. The van der Waals surface area contributed by atoms with Gasteiger partial charge in [-0.25, -0.2) is 4.79 Å². The number of benzene rings is 2. The van der Waals surface area contributed by atoms with E-state index in [1.807, 2.05) is 47.0 Å². The molecule has 0 spiro atoms. The van der Waals surface area contributed by atoms with Crippen LogP contribution in [0, 0.1) is 0 Å². The second kappa shape index (κ2) is 9.87. The molecular formula is C28H24N4O4. The number of pyridine rings is 1. The number of para-hydroxylation sites is 1. The Morgan fingerprint density at radius 2 is 1.78 bits per heavy atom. The van der Waals surface area contributed by atoms with Crippen molar-refractivity contribution in [3.8, 4) is 0 Å². The van der Waals surface area contributed by atoms with Gasteiger partial charge >= 0.3 is 5.97 Å². The number of nitrogens with one attached hydrogen (secondary N) is 2. The van der Waals surface area contributed by atoms with Crippen molar-refractivity contribution in [3.63, 3.8) is 0 Å². The van der Waals surface area contributed by atoms with E-state index >= 15 is 0 Å². The van der Waals surface area contributed by atoms with E-state index in [0.29, 0.717) is 35.6 Å². The highest BCUT2D eigenvalue weighted by atomic mass is 16.5. The van der Waals surface area contributed by atoms with Gasteiger partial charge in [-0.05, 0) is 47.5 Å². The van der Waals surface area contributed by atoms with E-state index in [9.17, 15) is 14.4 Å². The van der Waals surface area contributed by atoms with Gasteiger partial charge < -0.3 is 19.9 Å². The Morgan fingerprint density at radius 3 is 2.53 bits per heavy atom. The van der Waals surface area contributed by atoms with Crippen molar-refractivity contribution in [2.45, 2.75) is 19.1 Å². The summed E-state index contributed by atoms with van der Waals surface area (Å²) in [5.74, 6) is -0.880. The summed E-state index contributed by atoms with van der Waals surface area (Å²) >= 11 is 0. The van der Waals surface area contributed by atoms with Gasteiger partial charge in [0.05, 0.1) is 19.2 Å². The number of ketones is 1. The highest BCUT2D eigenvalue weighted by molar-refractivity contribution is 6.03. The van der Waals surface area contributed by atoms with Gasteiger partial charge in [0.2, 0.25) is 0 Å². The molecule has 8 nitrogen and oxygen atoms in total. The first-order valence-corrected chi connectivity index (χ1v) is 11.5. The second-order valence-corrected chi connectivity index (χ2v) is 8.44. The predicted octanol–water partition coefficient (Wildman–Crippen LogP) is 4.00. The third-order valence-corrected chi connectivity index (χ3v) is 6.22. The lowest BCUT2D eigenvalue weighted by Gasteiger charge is -2.18. The van der Waals surface area contributed by atoms with Gasteiger partial charge in [0.15, 0.2) is 5.78 Å². The molecule has 1 amide bonds. The van der Waals surface area contributed by atoms with Crippen molar-refractivity contribution in [1.82, 2.24) is 14.9 Å². The summed E-state index contributed by atoms with van der Waals surface area (Å²) in [7, 11) is 1.31. The van der Waals surface area contributed by atoms with E-state index in [1.165, 1.54) is 7.11 Å². The lowest BCUT2D eigenvalue weighted by molar-refractivity contribution is 0.0600. The molecule has 2 aromatic carbocycles. The van der Waals surface area contributed by atoms with Crippen molar-refractivity contribution >= 4 is 23.3 Å². The van der Waals surface area contributed by atoms with Crippen LogP contribution in [-0.2, 0) is 17.8 Å². The monoisotopic (exact) mass is 480 g/mol. The number of rotatable bonds is 6. The molecule has 3 heterocycles. The number of carbonyl (C=O) groups excluding carboxylic acids is 3. The highest BCUT2D eigenvalue weighted by Crippen LogP contribution is 2.32. The predicted molar refractivity (Wildman–Crippen MR) is 134 cm³/mol. The molecule has 0 saturated carbocycles. The minimum atomic E-state index is -0.725. The first-order valence-electron chi connectivity index (χ1n) is 11.5. The second-order valence-electron chi connectivity index (χ2n) is 8.44. The van der Waals surface area contributed by atoms with Crippen LogP contribution in [0.4, 0.5) is 5.69 Å². The number of fused-ring (bicyclic) bond motifs is 2. The van der Waals surface area contributed by atoms with Crippen molar-refractivity contribution in [1.29, 1.82) is 0 Å². The molecule has 0 aliphatic carbocycles. The number of aromatic nitrogens is 2. The van der Waals surface area contributed by atoms with Crippen LogP contribution >= 0.6 is 0 Å². The standard InChI is InChI=1S/C28H24N4O4/c1-36-28(35)20-10-8-19(9-11-20)26(33)25-23-12-13-24(27(34)30-16-18-5-4-14-29-15-18)32(23)17-21-6-2-3-7-22(21)31-25/h2-15,25,31H,16-17H2,1H3,(H,30,34).